The van der Waals surface area contributed by atoms with Crippen LogP contribution < -0.4 is 0 Å². The summed E-state index contributed by atoms with van der Waals surface area (Å²) in [6.07, 6.45) is 1.72. The predicted octanol–water partition coefficient (Wildman–Crippen LogP) is 3.11. The predicted molar refractivity (Wildman–Crippen MR) is 82.5 cm³/mol. The number of hydrogen-bond donors (Lipinski definition) is 0. The van der Waals surface area contributed by atoms with E-state index in [1.807, 2.05) is 6.92 Å². The van der Waals surface area contributed by atoms with Crippen LogP contribution in [0.15, 0.2) is 12.1 Å². The molecule has 0 atom stereocenters. The Balaban J connectivity index is 3.73. The molecule has 0 aliphatic heterocycles. The molecule has 8 heteroatoms. The summed E-state index contributed by atoms with van der Waals surface area (Å²) in [6.45, 7) is 4.26. The molecule has 0 aliphatic carbocycles. The molecular formula is C15H18N2O6. The van der Waals surface area contributed by atoms with Crippen LogP contribution in [0.3, 0.4) is 0 Å². The van der Waals surface area contributed by atoms with E-state index >= 15 is 0 Å². The molecule has 1 aromatic rings. The van der Waals surface area contributed by atoms with Crippen LogP contribution in [0.25, 0.3) is 0 Å². The summed E-state index contributed by atoms with van der Waals surface area (Å²) >= 11 is 0. The zero-order chi connectivity index (χ0) is 17.7. The van der Waals surface area contributed by atoms with Crippen LogP contribution in [0, 0.1) is 20.2 Å². The Bertz CT molecular complexity index is 654. The van der Waals surface area contributed by atoms with Gasteiger partial charge >= 0.3 is 0 Å². The van der Waals surface area contributed by atoms with Crippen LogP contribution in [0.1, 0.15) is 50.7 Å². The number of carbonyl (C=O) groups excluding carboxylic acids is 2. The van der Waals surface area contributed by atoms with E-state index in [1.54, 1.807) is 0 Å². The fourth-order valence-corrected chi connectivity index (χ4v) is 2.54. The van der Waals surface area contributed by atoms with Gasteiger partial charge in [0.1, 0.15) is 17.5 Å². The van der Waals surface area contributed by atoms with Crippen molar-refractivity contribution in [2.24, 2.45) is 0 Å². The number of carbonyl (C=O) groups is 2. The lowest BCUT2D eigenvalue weighted by Gasteiger charge is -2.16. The van der Waals surface area contributed by atoms with Crippen LogP contribution in [-0.2, 0) is 16.0 Å². The Morgan fingerprint density at radius 3 is 2.04 bits per heavy atom. The zero-order valence-corrected chi connectivity index (χ0v) is 13.2. The molecule has 0 fully saturated rings. The molecule has 0 N–H and O–H groups in total. The second-order valence-electron chi connectivity index (χ2n) is 5.31. The molecule has 0 heterocycles. The summed E-state index contributed by atoms with van der Waals surface area (Å²) < 4.78 is 0. The lowest BCUT2D eigenvalue weighted by molar-refractivity contribution is -0.394. The molecule has 1 rings (SSSR count). The number of rotatable bonds is 8. The molecule has 124 valence electrons. The number of nitro benzene ring substituents is 2. The first kappa shape index (κ1) is 18.4. The van der Waals surface area contributed by atoms with E-state index in [-0.39, 0.29) is 5.56 Å². The van der Waals surface area contributed by atoms with E-state index in [0.29, 0.717) is 18.4 Å². The standard InChI is InChI=1S/C15H18N2O6/c1-4-5-6-11-7-12(16(20)21)8-13(17(22)23)15(11)14(9(2)18)10(3)19/h7-8,14H,4-6H2,1-3H3. The minimum atomic E-state index is -1.27. The van der Waals surface area contributed by atoms with Crippen LogP contribution in [-0.4, -0.2) is 21.4 Å². The monoisotopic (exact) mass is 322 g/mol. The maximum absolute atomic E-state index is 11.8. The van der Waals surface area contributed by atoms with Crippen molar-refractivity contribution in [1.82, 2.24) is 0 Å². The first-order chi connectivity index (χ1) is 10.7. The van der Waals surface area contributed by atoms with E-state index in [1.165, 1.54) is 19.9 Å². The van der Waals surface area contributed by atoms with Gasteiger partial charge in [0.25, 0.3) is 11.4 Å². The summed E-state index contributed by atoms with van der Waals surface area (Å²) in [5.41, 5.74) is -0.685. The lowest BCUT2D eigenvalue weighted by atomic mass is 9.85. The van der Waals surface area contributed by atoms with Crippen LogP contribution >= 0.6 is 0 Å². The topological polar surface area (TPSA) is 120 Å². The molecule has 23 heavy (non-hydrogen) atoms. The fraction of sp³-hybridized carbons (Fsp3) is 0.467. The number of aryl methyl sites for hydroxylation is 1. The van der Waals surface area contributed by atoms with Crippen LogP contribution in [0.2, 0.25) is 0 Å². The molecule has 0 amide bonds. The summed E-state index contributed by atoms with van der Waals surface area (Å²) in [5.74, 6) is -2.32. The number of non-ortho nitro benzene ring substituents is 1. The zero-order valence-electron chi connectivity index (χ0n) is 13.2. The Kier molecular flexibility index (Phi) is 6.06. The van der Waals surface area contributed by atoms with Crippen molar-refractivity contribution in [2.75, 3.05) is 0 Å². The first-order valence-corrected chi connectivity index (χ1v) is 7.17. The van der Waals surface area contributed by atoms with E-state index < -0.39 is 38.7 Å². The molecular weight excluding hydrogens is 304 g/mol. The SMILES string of the molecule is CCCCc1cc([N+](=O)[O-])cc([N+](=O)[O-])c1C(C(C)=O)C(C)=O. The molecule has 0 aliphatic rings. The molecule has 0 spiro atoms. The molecule has 0 saturated carbocycles. The Labute approximate surface area is 132 Å². The molecule has 0 aromatic heterocycles. The average molecular weight is 322 g/mol. The second-order valence-corrected chi connectivity index (χ2v) is 5.31. The number of unbranched alkanes of at least 4 members (excludes halogenated alkanes) is 1. The molecule has 0 radical (unpaired) electrons. The highest BCUT2D eigenvalue weighted by molar-refractivity contribution is 6.06. The van der Waals surface area contributed by atoms with Crippen molar-refractivity contribution in [2.45, 2.75) is 46.0 Å². The molecule has 0 bridgehead atoms. The highest BCUT2D eigenvalue weighted by Gasteiger charge is 2.34. The third kappa shape index (κ3) is 4.18. The highest BCUT2D eigenvalue weighted by atomic mass is 16.6. The van der Waals surface area contributed by atoms with E-state index in [4.69, 9.17) is 0 Å². The minimum absolute atomic E-state index is 0.0194. The molecule has 0 unspecified atom stereocenters. The number of hydrogen-bond acceptors (Lipinski definition) is 6. The largest absolute Gasteiger partial charge is 0.299 e. The van der Waals surface area contributed by atoms with Gasteiger partial charge in [-0.15, -0.1) is 0 Å². The summed E-state index contributed by atoms with van der Waals surface area (Å²) in [7, 11) is 0. The normalized spacial score (nSPS) is 10.6. The molecule has 8 nitrogen and oxygen atoms in total. The Morgan fingerprint density at radius 1 is 1.09 bits per heavy atom. The lowest BCUT2D eigenvalue weighted by Crippen LogP contribution is -2.20. The number of nitro groups is 2. The van der Waals surface area contributed by atoms with Gasteiger partial charge in [0.2, 0.25) is 0 Å². The highest BCUT2D eigenvalue weighted by Crippen LogP contribution is 2.36. The van der Waals surface area contributed by atoms with Crippen molar-refractivity contribution >= 4 is 22.9 Å². The minimum Gasteiger partial charge on any atom is -0.299 e. The Morgan fingerprint density at radius 2 is 1.65 bits per heavy atom. The van der Waals surface area contributed by atoms with Gasteiger partial charge in [-0.1, -0.05) is 13.3 Å². The number of Topliss-reactive ketones (excluding diaryl/α,β-unsaturated/α-hetero) is 2. The fourth-order valence-electron chi connectivity index (χ4n) is 2.54. The summed E-state index contributed by atoms with van der Waals surface area (Å²) in [6, 6.07) is 2.03. The smallest absolute Gasteiger partial charge is 0.280 e. The molecule has 0 saturated heterocycles. The van der Waals surface area contributed by atoms with Gasteiger partial charge in [-0.2, -0.15) is 0 Å². The van der Waals surface area contributed by atoms with E-state index in [0.717, 1.165) is 12.5 Å². The van der Waals surface area contributed by atoms with Crippen LogP contribution in [0.5, 0.6) is 0 Å². The average Bonchev–Trinajstić information content (AvgIpc) is 2.44. The van der Waals surface area contributed by atoms with Crippen molar-refractivity contribution in [3.05, 3.63) is 43.5 Å². The van der Waals surface area contributed by atoms with Gasteiger partial charge in [-0.25, -0.2) is 0 Å². The summed E-state index contributed by atoms with van der Waals surface area (Å²) in [5, 5.41) is 22.3. The number of ketones is 2. The van der Waals surface area contributed by atoms with Gasteiger partial charge in [0.05, 0.1) is 21.5 Å². The third-order valence-electron chi connectivity index (χ3n) is 3.54. The van der Waals surface area contributed by atoms with E-state index in [9.17, 15) is 29.8 Å². The summed E-state index contributed by atoms with van der Waals surface area (Å²) in [4.78, 5) is 44.5. The maximum atomic E-state index is 11.8. The third-order valence-corrected chi connectivity index (χ3v) is 3.54. The van der Waals surface area contributed by atoms with Gasteiger partial charge < -0.3 is 0 Å². The maximum Gasteiger partial charge on any atom is 0.280 e. The van der Waals surface area contributed by atoms with Crippen LogP contribution in [0.4, 0.5) is 11.4 Å². The van der Waals surface area contributed by atoms with Crippen molar-refractivity contribution in [1.29, 1.82) is 0 Å². The quantitative estimate of drug-likeness (QED) is 0.412. The first-order valence-electron chi connectivity index (χ1n) is 7.17. The van der Waals surface area contributed by atoms with Gasteiger partial charge in [0.15, 0.2) is 0 Å². The second kappa shape index (κ2) is 7.57. The number of benzene rings is 1. The van der Waals surface area contributed by atoms with Gasteiger partial charge in [-0.3, -0.25) is 29.8 Å². The van der Waals surface area contributed by atoms with E-state index in [2.05, 4.69) is 0 Å². The van der Waals surface area contributed by atoms with Gasteiger partial charge in [-0.05, 0) is 32.3 Å². The number of nitrogens with zero attached hydrogens (tertiary/aromatic N) is 2. The van der Waals surface area contributed by atoms with Crippen molar-refractivity contribution in [3.63, 3.8) is 0 Å². The molecule has 1 aromatic carbocycles. The van der Waals surface area contributed by atoms with Crippen molar-refractivity contribution < 1.29 is 19.4 Å². The Hall–Kier alpha value is -2.64. The van der Waals surface area contributed by atoms with Crippen molar-refractivity contribution in [3.8, 4) is 0 Å². The van der Waals surface area contributed by atoms with Gasteiger partial charge in [0, 0.05) is 6.07 Å².